The lowest BCUT2D eigenvalue weighted by atomic mass is 9.97. The minimum atomic E-state index is -2.96. The number of rotatable bonds is 3. The van der Waals surface area contributed by atoms with Gasteiger partial charge >= 0.3 is 0 Å². The maximum atomic E-state index is 12.2. The van der Waals surface area contributed by atoms with Crippen LogP contribution in [0.5, 0.6) is 0 Å². The van der Waals surface area contributed by atoms with Gasteiger partial charge in [-0.15, -0.1) is 0 Å². The van der Waals surface area contributed by atoms with E-state index in [9.17, 15) is 13.2 Å². The van der Waals surface area contributed by atoms with Gasteiger partial charge in [-0.25, -0.2) is 8.42 Å². The maximum absolute atomic E-state index is 12.2. The van der Waals surface area contributed by atoms with Crippen molar-refractivity contribution in [3.8, 4) is 0 Å². The number of sulfone groups is 1. The van der Waals surface area contributed by atoms with E-state index in [-0.39, 0.29) is 23.3 Å². The van der Waals surface area contributed by atoms with Gasteiger partial charge in [0.05, 0.1) is 17.4 Å². The van der Waals surface area contributed by atoms with Crippen molar-refractivity contribution in [2.45, 2.75) is 19.3 Å². The Labute approximate surface area is 109 Å². The Morgan fingerprint density at radius 3 is 2.50 bits per heavy atom. The van der Waals surface area contributed by atoms with Crippen molar-refractivity contribution in [3.05, 3.63) is 0 Å². The number of carbonyl (C=O) groups excluding carboxylic acids is 1. The first-order chi connectivity index (χ1) is 8.48. The van der Waals surface area contributed by atoms with Gasteiger partial charge in [0.1, 0.15) is 0 Å². The molecule has 0 bridgehead atoms. The summed E-state index contributed by atoms with van der Waals surface area (Å²) in [7, 11) is -1.16. The monoisotopic (exact) mass is 274 g/mol. The smallest absolute Gasteiger partial charge is 0.226 e. The second kappa shape index (κ2) is 5.57. The van der Waals surface area contributed by atoms with E-state index in [2.05, 4.69) is 5.32 Å². The van der Waals surface area contributed by atoms with Crippen molar-refractivity contribution >= 4 is 15.7 Å². The minimum absolute atomic E-state index is 0.00890. The largest absolute Gasteiger partial charge is 0.345 e. The van der Waals surface area contributed by atoms with Crippen LogP contribution in [0.1, 0.15) is 19.3 Å². The summed E-state index contributed by atoms with van der Waals surface area (Å²) in [6.07, 6.45) is 2.69. The molecule has 0 aliphatic carbocycles. The number of amides is 1. The molecule has 0 spiro atoms. The van der Waals surface area contributed by atoms with Crippen molar-refractivity contribution in [1.29, 1.82) is 0 Å². The van der Waals surface area contributed by atoms with Crippen LogP contribution in [0.2, 0.25) is 0 Å². The third kappa shape index (κ3) is 3.45. The van der Waals surface area contributed by atoms with Crippen molar-refractivity contribution in [3.63, 3.8) is 0 Å². The molecule has 0 radical (unpaired) electrons. The summed E-state index contributed by atoms with van der Waals surface area (Å²) < 4.78 is 22.8. The van der Waals surface area contributed by atoms with Crippen LogP contribution in [-0.2, 0) is 14.6 Å². The number of piperidine rings is 1. The summed E-state index contributed by atoms with van der Waals surface area (Å²) in [5.74, 6) is 0.474. The van der Waals surface area contributed by atoms with Gasteiger partial charge in [0, 0.05) is 13.6 Å². The molecule has 6 heteroatoms. The highest BCUT2D eigenvalue weighted by atomic mass is 32.2. The molecular formula is C12H22N2O3S. The van der Waals surface area contributed by atoms with Crippen LogP contribution < -0.4 is 5.32 Å². The first kappa shape index (κ1) is 13.8. The molecule has 0 saturated carbocycles. The third-order valence-corrected chi connectivity index (χ3v) is 5.72. The summed E-state index contributed by atoms with van der Waals surface area (Å²) in [6.45, 7) is 2.80. The van der Waals surface area contributed by atoms with Gasteiger partial charge in [0.2, 0.25) is 5.91 Å². The maximum Gasteiger partial charge on any atom is 0.226 e. The van der Waals surface area contributed by atoms with Crippen LogP contribution in [0.3, 0.4) is 0 Å². The van der Waals surface area contributed by atoms with Crippen LogP contribution >= 0.6 is 0 Å². The SMILES string of the molecule is CN(CC1CCNCC1)C(=O)C1CCS(=O)(=O)C1. The normalized spacial score (nSPS) is 28.2. The van der Waals surface area contributed by atoms with Gasteiger partial charge in [-0.1, -0.05) is 0 Å². The van der Waals surface area contributed by atoms with Gasteiger partial charge in [-0.05, 0) is 38.3 Å². The lowest BCUT2D eigenvalue weighted by Crippen LogP contribution is -2.40. The third-order valence-electron chi connectivity index (χ3n) is 3.95. The molecule has 2 heterocycles. The first-order valence-corrected chi connectivity index (χ1v) is 8.46. The van der Waals surface area contributed by atoms with Crippen LogP contribution in [0, 0.1) is 11.8 Å². The topological polar surface area (TPSA) is 66.5 Å². The summed E-state index contributed by atoms with van der Waals surface area (Å²) in [5.41, 5.74) is 0. The quantitative estimate of drug-likeness (QED) is 0.779. The standard InChI is InChI=1S/C12H22N2O3S/c1-14(8-10-2-5-13-6-3-10)12(15)11-4-7-18(16,17)9-11/h10-11,13H,2-9H2,1H3. The van der Waals surface area contributed by atoms with Gasteiger partial charge in [0.15, 0.2) is 9.84 Å². The molecule has 0 aromatic rings. The molecule has 1 atom stereocenters. The highest BCUT2D eigenvalue weighted by Crippen LogP contribution is 2.21. The average molecular weight is 274 g/mol. The van der Waals surface area contributed by atoms with E-state index in [1.165, 1.54) is 0 Å². The Balaban J connectivity index is 1.85. The summed E-state index contributed by atoms with van der Waals surface area (Å²) in [6, 6.07) is 0. The van der Waals surface area contributed by atoms with Crippen LogP contribution in [0.15, 0.2) is 0 Å². The van der Waals surface area contributed by atoms with Crippen molar-refractivity contribution < 1.29 is 13.2 Å². The van der Waals surface area contributed by atoms with E-state index in [4.69, 9.17) is 0 Å². The van der Waals surface area contributed by atoms with E-state index in [0.717, 1.165) is 32.5 Å². The van der Waals surface area contributed by atoms with E-state index in [1.807, 2.05) is 0 Å². The van der Waals surface area contributed by atoms with Gasteiger partial charge in [0.25, 0.3) is 0 Å². The molecule has 1 unspecified atom stereocenters. The van der Waals surface area contributed by atoms with Crippen molar-refractivity contribution in [2.75, 3.05) is 38.2 Å². The van der Waals surface area contributed by atoms with Crippen LogP contribution in [0.4, 0.5) is 0 Å². The lowest BCUT2D eigenvalue weighted by molar-refractivity contribution is -0.134. The van der Waals surface area contributed by atoms with Crippen molar-refractivity contribution in [1.82, 2.24) is 10.2 Å². The highest BCUT2D eigenvalue weighted by molar-refractivity contribution is 7.91. The first-order valence-electron chi connectivity index (χ1n) is 6.64. The van der Waals surface area contributed by atoms with Gasteiger partial charge in [-0.3, -0.25) is 4.79 Å². The summed E-state index contributed by atoms with van der Waals surface area (Å²) >= 11 is 0. The molecule has 2 aliphatic heterocycles. The zero-order chi connectivity index (χ0) is 13.2. The molecule has 18 heavy (non-hydrogen) atoms. The molecule has 5 nitrogen and oxygen atoms in total. The molecule has 1 N–H and O–H groups in total. The predicted molar refractivity (Wildman–Crippen MR) is 70.0 cm³/mol. The van der Waals surface area contributed by atoms with E-state index in [1.54, 1.807) is 11.9 Å². The number of nitrogens with zero attached hydrogens (tertiary/aromatic N) is 1. The fourth-order valence-corrected chi connectivity index (χ4v) is 4.58. The average Bonchev–Trinajstić information content (AvgIpc) is 2.70. The van der Waals surface area contributed by atoms with E-state index in [0.29, 0.717) is 12.3 Å². The number of nitrogens with one attached hydrogen (secondary N) is 1. The molecule has 2 fully saturated rings. The Hall–Kier alpha value is -0.620. The molecule has 2 rings (SSSR count). The zero-order valence-corrected chi connectivity index (χ0v) is 11.7. The Morgan fingerprint density at radius 1 is 1.28 bits per heavy atom. The molecule has 0 aromatic heterocycles. The molecule has 2 saturated heterocycles. The van der Waals surface area contributed by atoms with Crippen LogP contribution in [-0.4, -0.2) is 57.4 Å². The summed E-state index contributed by atoms with van der Waals surface area (Å²) in [4.78, 5) is 13.9. The second-order valence-electron chi connectivity index (χ2n) is 5.51. The molecular weight excluding hydrogens is 252 g/mol. The van der Waals surface area contributed by atoms with Gasteiger partial charge in [-0.2, -0.15) is 0 Å². The fraction of sp³-hybridized carbons (Fsp3) is 0.917. The molecule has 0 aromatic carbocycles. The number of carbonyl (C=O) groups is 1. The minimum Gasteiger partial charge on any atom is -0.345 e. The Kier molecular flexibility index (Phi) is 4.27. The number of hydrogen-bond acceptors (Lipinski definition) is 4. The Morgan fingerprint density at radius 2 is 1.94 bits per heavy atom. The molecule has 1 amide bonds. The predicted octanol–water partition coefficient (Wildman–Crippen LogP) is -0.121. The molecule has 104 valence electrons. The molecule has 2 aliphatic rings. The number of hydrogen-bond donors (Lipinski definition) is 1. The fourth-order valence-electron chi connectivity index (χ4n) is 2.84. The Bertz CT molecular complexity index is 402. The van der Waals surface area contributed by atoms with Gasteiger partial charge < -0.3 is 10.2 Å². The lowest BCUT2D eigenvalue weighted by Gasteiger charge is -2.28. The van der Waals surface area contributed by atoms with E-state index < -0.39 is 9.84 Å². The second-order valence-corrected chi connectivity index (χ2v) is 7.74. The van der Waals surface area contributed by atoms with Crippen molar-refractivity contribution in [2.24, 2.45) is 11.8 Å². The summed E-state index contributed by atoms with van der Waals surface area (Å²) in [5, 5.41) is 3.30. The van der Waals surface area contributed by atoms with Crippen LogP contribution in [0.25, 0.3) is 0 Å². The highest BCUT2D eigenvalue weighted by Gasteiger charge is 2.34. The van der Waals surface area contributed by atoms with E-state index >= 15 is 0 Å². The zero-order valence-electron chi connectivity index (χ0n) is 10.9.